The molecule has 0 saturated heterocycles. The van der Waals surface area contributed by atoms with Crippen LogP contribution in [0.4, 0.5) is 13.2 Å². The van der Waals surface area contributed by atoms with E-state index in [0.717, 1.165) is 77.6 Å². The van der Waals surface area contributed by atoms with E-state index in [2.05, 4.69) is 34.9 Å². The second-order valence-corrected chi connectivity index (χ2v) is 14.1. The Morgan fingerprint density at radius 2 is 1.71 bits per heavy atom. The van der Waals surface area contributed by atoms with Crippen molar-refractivity contribution in [2.75, 3.05) is 31.6 Å². The number of pyridine rings is 1. The number of benzene rings is 1. The molecular formula is C34H49F3N2OS. The number of fused-ring (bicyclic) bond motifs is 1. The van der Waals surface area contributed by atoms with Gasteiger partial charge in [-0.1, -0.05) is 30.8 Å². The number of hydrogen-bond donors (Lipinski definition) is 1. The van der Waals surface area contributed by atoms with Crippen LogP contribution in [0.2, 0.25) is 0 Å². The first-order valence-corrected chi connectivity index (χ1v) is 16.9. The van der Waals surface area contributed by atoms with Gasteiger partial charge < -0.3 is 10.0 Å². The van der Waals surface area contributed by atoms with E-state index in [-0.39, 0.29) is 10.5 Å². The number of aromatic hydroxyl groups is 1. The van der Waals surface area contributed by atoms with Crippen LogP contribution >= 0.6 is 10.5 Å². The van der Waals surface area contributed by atoms with Crippen LogP contribution in [-0.2, 0) is 6.42 Å². The molecule has 3 nitrogen and oxygen atoms in total. The highest BCUT2D eigenvalue weighted by atomic mass is 32.2. The summed E-state index contributed by atoms with van der Waals surface area (Å²) in [6.07, 6.45) is 13.4. The molecule has 1 aliphatic carbocycles. The van der Waals surface area contributed by atoms with Gasteiger partial charge in [-0.3, -0.25) is 4.98 Å². The molecule has 2 aromatic rings. The summed E-state index contributed by atoms with van der Waals surface area (Å²) in [6, 6.07) is 10.00. The van der Waals surface area contributed by atoms with Crippen molar-refractivity contribution in [3.8, 4) is 5.75 Å². The van der Waals surface area contributed by atoms with E-state index in [0.29, 0.717) is 17.9 Å². The molecule has 1 unspecified atom stereocenters. The SMILES string of the molecule is C=S(CCCN(C)CCCCCCC1=C(c2cccnc2)CCCc2cc(O)ccc21)CCCC(F)(F)C(C)(C)F. The van der Waals surface area contributed by atoms with Gasteiger partial charge in [0.1, 0.15) is 5.75 Å². The second-order valence-electron chi connectivity index (χ2n) is 12.0. The molecule has 0 saturated carbocycles. The standard InChI is InChI=1S/C34H49F3N2OS/c1-33(2,35)34(36,37)19-11-23-41(4)24-12-22-39(3)21-8-6-5-7-15-32-30(28-14-10-20-38-26-28)16-9-13-27-25-29(40)17-18-31(27)32/h10,14,17-18,20,25-26,40H,4-9,11-13,15-16,19,21-24H2,1-3H3. The monoisotopic (exact) mass is 590 g/mol. The Morgan fingerprint density at radius 1 is 0.976 bits per heavy atom. The lowest BCUT2D eigenvalue weighted by atomic mass is 9.89. The molecule has 7 heteroatoms. The van der Waals surface area contributed by atoms with Crippen molar-refractivity contribution in [2.45, 2.75) is 96.1 Å². The van der Waals surface area contributed by atoms with Gasteiger partial charge in [0.2, 0.25) is 0 Å². The van der Waals surface area contributed by atoms with Crippen molar-refractivity contribution in [1.82, 2.24) is 9.88 Å². The molecule has 41 heavy (non-hydrogen) atoms. The summed E-state index contributed by atoms with van der Waals surface area (Å²) in [7, 11) is 2.00. The largest absolute Gasteiger partial charge is 0.508 e. The average molecular weight is 591 g/mol. The highest BCUT2D eigenvalue weighted by Crippen LogP contribution is 2.39. The fourth-order valence-corrected chi connectivity index (χ4v) is 6.87. The van der Waals surface area contributed by atoms with Crippen LogP contribution in [0.25, 0.3) is 11.1 Å². The lowest BCUT2D eigenvalue weighted by Gasteiger charge is -2.26. The number of nitrogens with zero attached hydrogens (tertiary/aromatic N) is 2. The van der Waals surface area contributed by atoms with Crippen molar-refractivity contribution >= 4 is 27.5 Å². The van der Waals surface area contributed by atoms with Crippen LogP contribution in [0.5, 0.6) is 5.75 Å². The molecule has 0 amide bonds. The van der Waals surface area contributed by atoms with Gasteiger partial charge in [0.25, 0.3) is 5.92 Å². The molecule has 1 aromatic carbocycles. The fourth-order valence-electron chi connectivity index (χ4n) is 5.58. The van der Waals surface area contributed by atoms with Gasteiger partial charge in [0, 0.05) is 18.8 Å². The molecular weight excluding hydrogens is 541 g/mol. The molecule has 228 valence electrons. The first kappa shape index (κ1) is 33.4. The summed E-state index contributed by atoms with van der Waals surface area (Å²) in [5.74, 6) is 2.78. The van der Waals surface area contributed by atoms with Gasteiger partial charge in [0.15, 0.2) is 5.67 Å². The predicted octanol–water partition coefficient (Wildman–Crippen LogP) is 9.17. The number of allylic oxidation sites excluding steroid dienone is 2. The predicted molar refractivity (Wildman–Crippen MR) is 171 cm³/mol. The maximum absolute atomic E-state index is 13.8. The van der Waals surface area contributed by atoms with Crippen LogP contribution in [0.15, 0.2) is 42.7 Å². The number of hydrogen-bond acceptors (Lipinski definition) is 3. The van der Waals surface area contributed by atoms with Crippen LogP contribution in [-0.4, -0.2) is 64.1 Å². The lowest BCUT2D eigenvalue weighted by molar-refractivity contribution is -0.124. The quantitative estimate of drug-likeness (QED) is 0.147. The van der Waals surface area contributed by atoms with Crippen molar-refractivity contribution in [1.29, 1.82) is 0 Å². The Labute approximate surface area is 248 Å². The molecule has 0 spiro atoms. The zero-order valence-corrected chi connectivity index (χ0v) is 26.1. The third kappa shape index (κ3) is 10.6. The highest BCUT2D eigenvalue weighted by molar-refractivity contribution is 8.14. The fraction of sp³-hybridized carbons (Fsp3) is 0.588. The van der Waals surface area contributed by atoms with Gasteiger partial charge in [-0.05, 0) is 143 Å². The summed E-state index contributed by atoms with van der Waals surface area (Å²) < 4.78 is 41.2. The number of aromatic nitrogens is 1. The number of rotatable bonds is 17. The molecule has 0 fully saturated rings. The summed E-state index contributed by atoms with van der Waals surface area (Å²) in [5.41, 5.74) is 4.06. The zero-order valence-electron chi connectivity index (χ0n) is 25.2. The van der Waals surface area contributed by atoms with Crippen molar-refractivity contribution in [2.24, 2.45) is 0 Å². The molecule has 1 aliphatic rings. The summed E-state index contributed by atoms with van der Waals surface area (Å²) in [5, 5.41) is 10.1. The molecule has 1 aromatic heterocycles. The maximum Gasteiger partial charge on any atom is 0.280 e. The number of unbranched alkanes of at least 4 members (excludes halogenated alkanes) is 3. The van der Waals surface area contributed by atoms with Gasteiger partial charge in [-0.2, -0.15) is 10.5 Å². The molecule has 1 heterocycles. The van der Waals surface area contributed by atoms with Gasteiger partial charge in [0.05, 0.1) is 0 Å². The van der Waals surface area contributed by atoms with Crippen molar-refractivity contribution in [3.05, 3.63) is 59.4 Å². The molecule has 1 N–H and O–H groups in total. The number of halogens is 3. The smallest absolute Gasteiger partial charge is 0.280 e. The van der Waals surface area contributed by atoms with E-state index in [1.807, 2.05) is 30.6 Å². The molecule has 0 radical (unpaired) electrons. The van der Waals surface area contributed by atoms with Gasteiger partial charge in [-0.25, -0.2) is 13.2 Å². The van der Waals surface area contributed by atoms with Crippen LogP contribution in [0, 0.1) is 0 Å². The number of phenols is 1. The normalized spacial score (nSPS) is 15.2. The first-order valence-electron chi connectivity index (χ1n) is 15.1. The number of phenolic OH excluding ortho intramolecular Hbond substituents is 1. The molecule has 3 rings (SSSR count). The van der Waals surface area contributed by atoms with E-state index in [1.165, 1.54) is 40.7 Å². The first-order chi connectivity index (χ1) is 19.5. The Kier molecular flexibility index (Phi) is 13.0. The topological polar surface area (TPSA) is 36.4 Å². The lowest BCUT2D eigenvalue weighted by Crippen LogP contribution is -2.38. The number of alkyl halides is 3. The van der Waals surface area contributed by atoms with Crippen LogP contribution in [0.1, 0.15) is 94.7 Å². The Morgan fingerprint density at radius 3 is 2.44 bits per heavy atom. The minimum absolute atomic E-state index is 0.151. The van der Waals surface area contributed by atoms with Crippen LogP contribution in [0.3, 0.4) is 0 Å². The highest BCUT2D eigenvalue weighted by Gasteiger charge is 2.46. The Bertz CT molecular complexity index is 1140. The molecule has 0 aliphatic heterocycles. The third-order valence-electron chi connectivity index (χ3n) is 8.14. The van der Waals surface area contributed by atoms with Gasteiger partial charge >= 0.3 is 0 Å². The Balaban J connectivity index is 1.38. The summed E-state index contributed by atoms with van der Waals surface area (Å²) in [4.78, 5) is 6.73. The second kappa shape index (κ2) is 15.9. The minimum Gasteiger partial charge on any atom is -0.508 e. The van der Waals surface area contributed by atoms with Gasteiger partial charge in [-0.15, -0.1) is 0 Å². The number of aryl methyl sites for hydroxylation is 1. The summed E-state index contributed by atoms with van der Waals surface area (Å²) >= 11 is 0. The average Bonchev–Trinajstić information content (AvgIpc) is 3.09. The third-order valence-corrected chi connectivity index (χ3v) is 9.88. The van der Waals surface area contributed by atoms with E-state index in [9.17, 15) is 18.3 Å². The van der Waals surface area contributed by atoms with Crippen molar-refractivity contribution < 1.29 is 18.3 Å². The summed E-state index contributed by atoms with van der Waals surface area (Å²) in [6.45, 7) is 3.94. The molecule has 0 bridgehead atoms. The van der Waals surface area contributed by atoms with E-state index < -0.39 is 18.0 Å². The molecule has 1 atom stereocenters. The minimum atomic E-state index is -3.28. The van der Waals surface area contributed by atoms with E-state index >= 15 is 0 Å². The van der Waals surface area contributed by atoms with E-state index in [1.54, 1.807) is 0 Å². The maximum atomic E-state index is 13.8. The van der Waals surface area contributed by atoms with E-state index in [4.69, 9.17) is 0 Å². The Hall–Kier alpha value is -2.12. The zero-order chi connectivity index (χ0) is 29.9. The van der Waals surface area contributed by atoms with Crippen molar-refractivity contribution in [3.63, 3.8) is 0 Å². The van der Waals surface area contributed by atoms with Crippen LogP contribution < -0.4 is 0 Å².